The molecule has 0 aromatic rings. The SMILES string of the molecule is CNCCOCCOCCOCCOCCC(=O)OC(C)C. The van der Waals surface area contributed by atoms with Crippen LogP contribution in [0.2, 0.25) is 0 Å². The number of carbonyl (C=O) groups excluding carboxylic acids is 1. The van der Waals surface area contributed by atoms with Crippen LogP contribution in [-0.2, 0) is 28.5 Å². The van der Waals surface area contributed by atoms with E-state index in [1.54, 1.807) is 0 Å². The number of likely N-dealkylation sites (N-methyl/N-ethyl adjacent to an activating group) is 1. The van der Waals surface area contributed by atoms with Crippen molar-refractivity contribution in [2.24, 2.45) is 0 Å². The molecular formula is C15H31NO6. The number of hydrogen-bond acceptors (Lipinski definition) is 7. The average molecular weight is 321 g/mol. The van der Waals surface area contributed by atoms with Crippen LogP contribution in [0.25, 0.3) is 0 Å². The maximum absolute atomic E-state index is 11.2. The van der Waals surface area contributed by atoms with Crippen molar-refractivity contribution in [1.29, 1.82) is 0 Å². The summed E-state index contributed by atoms with van der Waals surface area (Å²) in [5, 5.41) is 3.00. The summed E-state index contributed by atoms with van der Waals surface area (Å²) < 4.78 is 26.2. The zero-order valence-electron chi connectivity index (χ0n) is 14.1. The van der Waals surface area contributed by atoms with Gasteiger partial charge in [0.15, 0.2) is 0 Å². The molecule has 0 aliphatic carbocycles. The van der Waals surface area contributed by atoms with Gasteiger partial charge in [0.2, 0.25) is 0 Å². The Morgan fingerprint density at radius 3 is 1.73 bits per heavy atom. The summed E-state index contributed by atoms with van der Waals surface area (Å²) >= 11 is 0. The molecule has 7 nitrogen and oxygen atoms in total. The van der Waals surface area contributed by atoms with Gasteiger partial charge in [-0.05, 0) is 20.9 Å². The Balaban J connectivity index is 3.07. The van der Waals surface area contributed by atoms with Gasteiger partial charge in [-0.3, -0.25) is 4.79 Å². The molecular weight excluding hydrogens is 290 g/mol. The predicted molar refractivity (Wildman–Crippen MR) is 83.0 cm³/mol. The highest BCUT2D eigenvalue weighted by atomic mass is 16.6. The molecule has 0 spiro atoms. The third-order valence-corrected chi connectivity index (χ3v) is 2.43. The van der Waals surface area contributed by atoms with Gasteiger partial charge in [0.25, 0.3) is 0 Å². The highest BCUT2D eigenvalue weighted by molar-refractivity contribution is 5.69. The second kappa shape index (κ2) is 16.6. The minimum Gasteiger partial charge on any atom is -0.463 e. The van der Waals surface area contributed by atoms with Crippen LogP contribution in [0, 0.1) is 0 Å². The molecule has 7 heteroatoms. The van der Waals surface area contributed by atoms with Crippen LogP contribution in [0.3, 0.4) is 0 Å². The number of hydrogen-bond donors (Lipinski definition) is 1. The zero-order valence-corrected chi connectivity index (χ0v) is 14.1. The second-order valence-corrected chi connectivity index (χ2v) is 4.84. The van der Waals surface area contributed by atoms with Gasteiger partial charge in [-0.1, -0.05) is 0 Å². The Hall–Kier alpha value is -0.730. The van der Waals surface area contributed by atoms with Crippen molar-refractivity contribution in [3.8, 4) is 0 Å². The number of esters is 1. The van der Waals surface area contributed by atoms with E-state index in [2.05, 4.69) is 5.32 Å². The number of ether oxygens (including phenoxy) is 5. The third kappa shape index (κ3) is 17.3. The van der Waals surface area contributed by atoms with Crippen LogP contribution in [0.5, 0.6) is 0 Å². The Morgan fingerprint density at radius 2 is 1.27 bits per heavy atom. The van der Waals surface area contributed by atoms with Crippen molar-refractivity contribution in [2.75, 3.05) is 66.4 Å². The molecule has 0 saturated heterocycles. The number of nitrogens with one attached hydrogen (secondary N) is 1. The lowest BCUT2D eigenvalue weighted by atomic mass is 10.4. The van der Waals surface area contributed by atoms with Gasteiger partial charge >= 0.3 is 5.97 Å². The highest BCUT2D eigenvalue weighted by Gasteiger charge is 2.04. The Kier molecular flexibility index (Phi) is 16.1. The smallest absolute Gasteiger partial charge is 0.308 e. The standard InChI is InChI=1S/C15H31NO6/c1-14(2)22-15(17)4-6-18-8-10-20-12-13-21-11-9-19-7-5-16-3/h14,16H,4-13H2,1-3H3. The van der Waals surface area contributed by atoms with Gasteiger partial charge in [-0.2, -0.15) is 0 Å². The lowest BCUT2D eigenvalue weighted by Crippen LogP contribution is -2.17. The van der Waals surface area contributed by atoms with E-state index in [1.807, 2.05) is 20.9 Å². The summed E-state index contributed by atoms with van der Waals surface area (Å²) in [6.45, 7) is 8.71. The summed E-state index contributed by atoms with van der Waals surface area (Å²) in [6.07, 6.45) is 0.194. The molecule has 132 valence electrons. The van der Waals surface area contributed by atoms with E-state index < -0.39 is 0 Å². The molecule has 0 aliphatic rings. The Labute approximate surface area is 133 Å². The topological polar surface area (TPSA) is 75.3 Å². The Bertz CT molecular complexity index is 250. The number of rotatable bonds is 16. The van der Waals surface area contributed by atoms with Crippen LogP contribution in [0.15, 0.2) is 0 Å². The van der Waals surface area contributed by atoms with Crippen LogP contribution in [-0.4, -0.2) is 78.5 Å². The third-order valence-electron chi connectivity index (χ3n) is 2.43. The van der Waals surface area contributed by atoms with E-state index in [0.717, 1.165) is 6.54 Å². The monoisotopic (exact) mass is 321 g/mol. The summed E-state index contributed by atoms with van der Waals surface area (Å²) in [4.78, 5) is 11.2. The zero-order chi connectivity index (χ0) is 16.5. The number of carbonyl (C=O) groups is 1. The van der Waals surface area contributed by atoms with Gasteiger partial charge in [0.1, 0.15) is 0 Å². The maximum Gasteiger partial charge on any atom is 0.308 e. The first-order valence-corrected chi connectivity index (χ1v) is 7.82. The summed E-state index contributed by atoms with van der Waals surface area (Å²) in [7, 11) is 1.89. The van der Waals surface area contributed by atoms with Crippen LogP contribution < -0.4 is 5.32 Å². The summed E-state index contributed by atoms with van der Waals surface area (Å²) in [5.74, 6) is -0.235. The molecule has 0 bridgehead atoms. The molecule has 0 aliphatic heterocycles. The lowest BCUT2D eigenvalue weighted by molar-refractivity contribution is -0.148. The fraction of sp³-hybridized carbons (Fsp3) is 0.933. The van der Waals surface area contributed by atoms with E-state index in [9.17, 15) is 4.79 Å². The van der Waals surface area contributed by atoms with Crippen molar-refractivity contribution in [3.63, 3.8) is 0 Å². The van der Waals surface area contributed by atoms with Crippen molar-refractivity contribution < 1.29 is 28.5 Å². The molecule has 0 unspecified atom stereocenters. The lowest BCUT2D eigenvalue weighted by Gasteiger charge is -2.09. The average Bonchev–Trinajstić information content (AvgIpc) is 2.47. The molecule has 0 amide bonds. The molecule has 0 aromatic carbocycles. The van der Waals surface area contributed by atoms with Gasteiger partial charge in [-0.25, -0.2) is 0 Å². The molecule has 0 aromatic heterocycles. The van der Waals surface area contributed by atoms with E-state index in [1.165, 1.54) is 0 Å². The van der Waals surface area contributed by atoms with Crippen molar-refractivity contribution >= 4 is 5.97 Å². The fourth-order valence-corrected chi connectivity index (χ4v) is 1.41. The quantitative estimate of drug-likeness (QED) is 0.330. The largest absolute Gasteiger partial charge is 0.463 e. The van der Waals surface area contributed by atoms with Crippen LogP contribution in [0.4, 0.5) is 0 Å². The highest BCUT2D eigenvalue weighted by Crippen LogP contribution is 1.93. The predicted octanol–water partition coefficient (Wildman–Crippen LogP) is 0.614. The van der Waals surface area contributed by atoms with Gasteiger partial charge in [-0.15, -0.1) is 0 Å². The first-order chi connectivity index (χ1) is 10.7. The second-order valence-electron chi connectivity index (χ2n) is 4.84. The van der Waals surface area contributed by atoms with Crippen LogP contribution in [0.1, 0.15) is 20.3 Å². The summed E-state index contributed by atoms with van der Waals surface area (Å²) in [5.41, 5.74) is 0. The maximum atomic E-state index is 11.2. The molecule has 1 N–H and O–H groups in total. The molecule has 0 rings (SSSR count). The molecule has 0 radical (unpaired) electrons. The minimum absolute atomic E-state index is 0.0791. The van der Waals surface area contributed by atoms with Gasteiger partial charge < -0.3 is 29.0 Å². The van der Waals surface area contributed by atoms with Gasteiger partial charge in [0, 0.05) is 6.54 Å². The van der Waals surface area contributed by atoms with Gasteiger partial charge in [0.05, 0.1) is 65.4 Å². The summed E-state index contributed by atoms with van der Waals surface area (Å²) in [6, 6.07) is 0. The van der Waals surface area contributed by atoms with E-state index in [0.29, 0.717) is 52.9 Å². The van der Waals surface area contributed by atoms with E-state index >= 15 is 0 Å². The first-order valence-electron chi connectivity index (χ1n) is 7.82. The molecule has 0 saturated carbocycles. The van der Waals surface area contributed by atoms with Crippen molar-refractivity contribution in [1.82, 2.24) is 5.32 Å². The van der Waals surface area contributed by atoms with E-state index in [4.69, 9.17) is 23.7 Å². The molecule has 0 fully saturated rings. The van der Waals surface area contributed by atoms with Crippen LogP contribution >= 0.6 is 0 Å². The molecule has 0 heterocycles. The molecule has 22 heavy (non-hydrogen) atoms. The first kappa shape index (κ1) is 21.3. The van der Waals surface area contributed by atoms with Crippen molar-refractivity contribution in [3.05, 3.63) is 0 Å². The minimum atomic E-state index is -0.235. The Morgan fingerprint density at radius 1 is 0.818 bits per heavy atom. The van der Waals surface area contributed by atoms with E-state index in [-0.39, 0.29) is 18.5 Å². The van der Waals surface area contributed by atoms with Crippen molar-refractivity contribution in [2.45, 2.75) is 26.4 Å². The fourth-order valence-electron chi connectivity index (χ4n) is 1.41. The normalized spacial score (nSPS) is 11.1. The molecule has 0 atom stereocenters.